The Morgan fingerprint density at radius 1 is 0.957 bits per heavy atom. The molecule has 0 spiro atoms. The highest BCUT2D eigenvalue weighted by Crippen LogP contribution is 2.21. The van der Waals surface area contributed by atoms with E-state index in [4.69, 9.17) is 11.6 Å². The largest absolute Gasteiger partial charge is 0.392 e. The number of halogens is 2. The van der Waals surface area contributed by atoms with Crippen LogP contribution in [0.2, 0.25) is 5.02 Å². The van der Waals surface area contributed by atoms with Crippen molar-refractivity contribution < 1.29 is 5.11 Å². The van der Waals surface area contributed by atoms with E-state index in [1.807, 2.05) is 18.2 Å². The molecule has 122 valence electrons. The molecule has 0 bridgehead atoms. The average Bonchev–Trinajstić information content (AvgIpc) is 2.56. The molecule has 5 heteroatoms. The molecule has 1 saturated heterocycles. The minimum atomic E-state index is 0.105. The van der Waals surface area contributed by atoms with Crippen LogP contribution in [0.25, 0.3) is 0 Å². The number of hydrogen-bond acceptors (Lipinski definition) is 3. The first-order valence-electron chi connectivity index (χ1n) is 7.76. The van der Waals surface area contributed by atoms with Crippen molar-refractivity contribution in [3.8, 4) is 0 Å². The third kappa shape index (κ3) is 4.59. The molecule has 1 heterocycles. The lowest BCUT2D eigenvalue weighted by molar-refractivity contribution is 0.249. The Balaban J connectivity index is 1.59. The molecule has 0 aromatic heterocycles. The fraction of sp³-hybridized carbons (Fsp3) is 0.333. The summed E-state index contributed by atoms with van der Waals surface area (Å²) in [6.45, 7) is 5.19. The first-order valence-corrected chi connectivity index (χ1v) is 9.22. The molecular weight excluding hydrogens is 423 g/mol. The summed E-state index contributed by atoms with van der Waals surface area (Å²) in [4.78, 5) is 4.87. The third-order valence-electron chi connectivity index (χ3n) is 4.17. The van der Waals surface area contributed by atoms with Crippen LogP contribution in [0, 0.1) is 3.57 Å². The summed E-state index contributed by atoms with van der Waals surface area (Å²) >= 11 is 8.27. The zero-order valence-electron chi connectivity index (χ0n) is 12.9. The number of aliphatic hydroxyl groups is 1. The van der Waals surface area contributed by atoms with Gasteiger partial charge in [0.1, 0.15) is 0 Å². The van der Waals surface area contributed by atoms with Crippen molar-refractivity contribution in [2.24, 2.45) is 0 Å². The maximum Gasteiger partial charge on any atom is 0.0682 e. The molecule has 2 aromatic rings. The molecule has 1 N–H and O–H groups in total. The lowest BCUT2D eigenvalue weighted by Crippen LogP contribution is -2.45. The minimum absolute atomic E-state index is 0.105. The van der Waals surface area contributed by atoms with Crippen LogP contribution in [-0.2, 0) is 13.2 Å². The summed E-state index contributed by atoms with van der Waals surface area (Å²) in [6, 6.07) is 14.4. The van der Waals surface area contributed by atoms with E-state index in [0.29, 0.717) is 0 Å². The monoisotopic (exact) mass is 442 g/mol. The van der Waals surface area contributed by atoms with Gasteiger partial charge in [-0.05, 0) is 70.1 Å². The van der Waals surface area contributed by atoms with Crippen LogP contribution in [0.5, 0.6) is 0 Å². The van der Waals surface area contributed by atoms with Gasteiger partial charge in [0, 0.05) is 47.0 Å². The molecule has 0 amide bonds. The van der Waals surface area contributed by atoms with Crippen LogP contribution in [0.3, 0.4) is 0 Å². The predicted molar refractivity (Wildman–Crippen MR) is 104 cm³/mol. The van der Waals surface area contributed by atoms with Gasteiger partial charge in [0.15, 0.2) is 0 Å². The van der Waals surface area contributed by atoms with Gasteiger partial charge in [-0.3, -0.25) is 4.90 Å². The quantitative estimate of drug-likeness (QED) is 0.731. The Morgan fingerprint density at radius 2 is 1.61 bits per heavy atom. The molecule has 0 unspecified atom stereocenters. The molecule has 3 rings (SSSR count). The average molecular weight is 443 g/mol. The SMILES string of the molecule is OCc1cc(I)cc(CN2CCN(c3ccc(Cl)cc3)CC2)c1. The van der Waals surface area contributed by atoms with Crippen LogP contribution >= 0.6 is 34.2 Å². The highest BCUT2D eigenvalue weighted by atomic mass is 127. The summed E-state index contributed by atoms with van der Waals surface area (Å²) in [5.74, 6) is 0. The zero-order valence-corrected chi connectivity index (χ0v) is 15.8. The molecule has 0 aliphatic carbocycles. The maximum atomic E-state index is 9.34. The van der Waals surface area contributed by atoms with Crippen LogP contribution in [0.1, 0.15) is 11.1 Å². The summed E-state index contributed by atoms with van der Waals surface area (Å²) in [7, 11) is 0. The van der Waals surface area contributed by atoms with Gasteiger partial charge in [-0.1, -0.05) is 17.7 Å². The van der Waals surface area contributed by atoms with Crippen molar-refractivity contribution in [1.29, 1.82) is 0 Å². The Bertz CT molecular complexity index is 655. The number of hydrogen-bond donors (Lipinski definition) is 1. The van der Waals surface area contributed by atoms with Crippen LogP contribution in [0.15, 0.2) is 42.5 Å². The van der Waals surface area contributed by atoms with Gasteiger partial charge in [0.05, 0.1) is 6.61 Å². The van der Waals surface area contributed by atoms with E-state index in [1.54, 1.807) is 0 Å². The number of nitrogens with zero attached hydrogens (tertiary/aromatic N) is 2. The second-order valence-electron chi connectivity index (χ2n) is 5.87. The Morgan fingerprint density at radius 3 is 2.26 bits per heavy atom. The van der Waals surface area contributed by atoms with E-state index in [0.717, 1.165) is 43.3 Å². The second kappa shape index (κ2) is 7.83. The Labute approximate surface area is 156 Å². The Hall–Kier alpha value is -0.820. The fourth-order valence-electron chi connectivity index (χ4n) is 2.97. The molecule has 0 radical (unpaired) electrons. The first kappa shape index (κ1) is 17.0. The normalized spacial score (nSPS) is 15.9. The lowest BCUT2D eigenvalue weighted by Gasteiger charge is -2.36. The van der Waals surface area contributed by atoms with Gasteiger partial charge in [-0.2, -0.15) is 0 Å². The van der Waals surface area contributed by atoms with Gasteiger partial charge < -0.3 is 10.0 Å². The molecule has 0 atom stereocenters. The fourth-order valence-corrected chi connectivity index (χ4v) is 3.90. The van der Waals surface area contributed by atoms with Crippen molar-refractivity contribution >= 4 is 39.9 Å². The molecule has 23 heavy (non-hydrogen) atoms. The van der Waals surface area contributed by atoms with Crippen molar-refractivity contribution in [2.75, 3.05) is 31.1 Å². The summed E-state index contributed by atoms with van der Waals surface area (Å²) < 4.78 is 1.18. The summed E-state index contributed by atoms with van der Waals surface area (Å²) in [5.41, 5.74) is 3.51. The predicted octanol–water partition coefficient (Wildman–Crippen LogP) is 3.76. The standard InChI is InChI=1S/C18H20ClIN2O/c19-16-1-3-18(4-2-16)22-7-5-21(6-8-22)12-14-9-15(13-23)11-17(20)10-14/h1-4,9-11,23H,5-8,12-13H2. The maximum absolute atomic E-state index is 9.34. The van der Waals surface area contributed by atoms with Crippen molar-refractivity contribution in [1.82, 2.24) is 4.90 Å². The number of benzene rings is 2. The number of piperazine rings is 1. The van der Waals surface area contributed by atoms with E-state index in [-0.39, 0.29) is 6.61 Å². The Kier molecular flexibility index (Phi) is 5.80. The number of rotatable bonds is 4. The van der Waals surface area contributed by atoms with Crippen molar-refractivity contribution in [3.63, 3.8) is 0 Å². The van der Waals surface area contributed by atoms with Crippen molar-refractivity contribution in [2.45, 2.75) is 13.2 Å². The molecule has 0 saturated carbocycles. The zero-order chi connectivity index (χ0) is 16.2. The number of anilines is 1. The minimum Gasteiger partial charge on any atom is -0.392 e. The first-order chi connectivity index (χ1) is 11.1. The molecule has 3 nitrogen and oxygen atoms in total. The van der Waals surface area contributed by atoms with Crippen LogP contribution in [-0.4, -0.2) is 36.2 Å². The van der Waals surface area contributed by atoms with E-state index >= 15 is 0 Å². The van der Waals surface area contributed by atoms with Crippen LogP contribution < -0.4 is 4.90 Å². The second-order valence-corrected chi connectivity index (χ2v) is 7.55. The van der Waals surface area contributed by atoms with Gasteiger partial charge >= 0.3 is 0 Å². The topological polar surface area (TPSA) is 26.7 Å². The molecule has 1 fully saturated rings. The molecule has 1 aliphatic heterocycles. The van der Waals surface area contributed by atoms with E-state index < -0.39 is 0 Å². The van der Waals surface area contributed by atoms with Gasteiger partial charge in [0.2, 0.25) is 0 Å². The van der Waals surface area contributed by atoms with Crippen molar-refractivity contribution in [3.05, 3.63) is 62.2 Å². The molecule has 2 aromatic carbocycles. The highest BCUT2D eigenvalue weighted by molar-refractivity contribution is 14.1. The smallest absolute Gasteiger partial charge is 0.0682 e. The van der Waals surface area contributed by atoms with E-state index in [9.17, 15) is 5.11 Å². The van der Waals surface area contributed by atoms with E-state index in [1.165, 1.54) is 14.8 Å². The summed E-state index contributed by atoms with van der Waals surface area (Å²) in [5, 5.41) is 10.1. The highest BCUT2D eigenvalue weighted by Gasteiger charge is 2.17. The lowest BCUT2D eigenvalue weighted by atomic mass is 10.1. The van der Waals surface area contributed by atoms with Gasteiger partial charge in [0.25, 0.3) is 0 Å². The molecular formula is C18H20ClIN2O. The molecule has 1 aliphatic rings. The van der Waals surface area contributed by atoms with Gasteiger partial charge in [-0.25, -0.2) is 0 Å². The summed E-state index contributed by atoms with van der Waals surface area (Å²) in [6.07, 6.45) is 0. The van der Waals surface area contributed by atoms with E-state index in [2.05, 4.69) is 56.7 Å². The third-order valence-corrected chi connectivity index (χ3v) is 5.04. The number of aliphatic hydroxyl groups excluding tert-OH is 1. The van der Waals surface area contributed by atoms with Crippen LogP contribution in [0.4, 0.5) is 5.69 Å². The van der Waals surface area contributed by atoms with Gasteiger partial charge in [-0.15, -0.1) is 0 Å².